The maximum absolute atomic E-state index is 12.1. The number of rotatable bonds is 4. The van der Waals surface area contributed by atoms with Crippen LogP contribution < -0.4 is 11.1 Å². The van der Waals surface area contributed by atoms with Crippen LogP contribution in [-0.2, 0) is 14.6 Å². The van der Waals surface area contributed by atoms with Gasteiger partial charge in [0.25, 0.3) is 0 Å². The number of anilines is 2. The Balaban J connectivity index is 2.01. The highest BCUT2D eigenvalue weighted by Gasteiger charge is 2.30. The summed E-state index contributed by atoms with van der Waals surface area (Å²) in [7, 11) is -3.38. The Hall–Kier alpha value is -1.27. The molecule has 1 aromatic carbocycles. The van der Waals surface area contributed by atoms with Gasteiger partial charge in [-0.05, 0) is 31.0 Å². The molecule has 1 aromatic rings. The van der Waals surface area contributed by atoms with Crippen molar-refractivity contribution in [3.05, 3.63) is 23.2 Å². The van der Waals surface area contributed by atoms with Crippen LogP contribution in [0.1, 0.15) is 25.7 Å². The summed E-state index contributed by atoms with van der Waals surface area (Å²) >= 11 is 5.76. The number of benzene rings is 1. The highest BCUT2D eigenvalue weighted by atomic mass is 35.5. The number of carbonyl (C=O) groups is 1. The summed E-state index contributed by atoms with van der Waals surface area (Å²) in [5, 5.41) is 2.59. The second kappa shape index (κ2) is 6.01. The van der Waals surface area contributed by atoms with E-state index in [2.05, 4.69) is 5.32 Å². The minimum Gasteiger partial charge on any atom is -0.397 e. The van der Waals surface area contributed by atoms with Gasteiger partial charge >= 0.3 is 0 Å². The van der Waals surface area contributed by atoms with Crippen LogP contribution in [0.4, 0.5) is 11.4 Å². The first-order valence-electron chi connectivity index (χ1n) is 6.45. The van der Waals surface area contributed by atoms with Gasteiger partial charge in [0.2, 0.25) is 5.91 Å². The van der Waals surface area contributed by atoms with Crippen LogP contribution in [0.5, 0.6) is 0 Å². The molecule has 2 rings (SSSR count). The van der Waals surface area contributed by atoms with Crippen molar-refractivity contribution < 1.29 is 13.2 Å². The topological polar surface area (TPSA) is 89.3 Å². The van der Waals surface area contributed by atoms with E-state index in [-0.39, 0.29) is 5.25 Å². The standard InChI is InChI=1S/C13H17ClN2O3S/c14-9-5-6-12(11(15)7-9)16-13(17)8-20(18,19)10-3-1-2-4-10/h5-7,10H,1-4,8,15H2,(H,16,17). The summed E-state index contributed by atoms with van der Waals surface area (Å²) in [6.45, 7) is 0. The lowest BCUT2D eigenvalue weighted by Crippen LogP contribution is -2.29. The number of nitrogen functional groups attached to an aromatic ring is 1. The summed E-state index contributed by atoms with van der Waals surface area (Å²) in [6, 6.07) is 4.64. The zero-order valence-electron chi connectivity index (χ0n) is 10.9. The van der Waals surface area contributed by atoms with Crippen molar-refractivity contribution >= 4 is 38.7 Å². The molecule has 110 valence electrons. The highest BCUT2D eigenvalue weighted by molar-refractivity contribution is 7.92. The Bertz CT molecular complexity index is 610. The predicted molar refractivity (Wildman–Crippen MR) is 80.5 cm³/mol. The number of amides is 1. The fourth-order valence-electron chi connectivity index (χ4n) is 2.38. The molecule has 7 heteroatoms. The van der Waals surface area contributed by atoms with Gasteiger partial charge in [0.1, 0.15) is 5.75 Å². The second-order valence-corrected chi connectivity index (χ2v) is 7.71. The molecule has 1 amide bonds. The molecule has 20 heavy (non-hydrogen) atoms. The van der Waals surface area contributed by atoms with Crippen molar-refractivity contribution in [2.75, 3.05) is 16.8 Å². The molecule has 0 saturated heterocycles. The number of nitrogens with two attached hydrogens (primary N) is 1. The molecule has 1 fully saturated rings. The van der Waals surface area contributed by atoms with Crippen LogP contribution in [0.2, 0.25) is 5.02 Å². The van der Waals surface area contributed by atoms with E-state index in [1.54, 1.807) is 12.1 Å². The first-order chi connectivity index (χ1) is 9.38. The summed E-state index contributed by atoms with van der Waals surface area (Å²) in [6.07, 6.45) is 3.13. The van der Waals surface area contributed by atoms with Crippen molar-refractivity contribution in [3.8, 4) is 0 Å². The lowest BCUT2D eigenvalue weighted by molar-refractivity contribution is -0.113. The molecule has 0 bridgehead atoms. The Morgan fingerprint density at radius 1 is 1.35 bits per heavy atom. The summed E-state index contributed by atoms with van der Waals surface area (Å²) in [4.78, 5) is 11.8. The first-order valence-corrected chi connectivity index (χ1v) is 8.54. The smallest absolute Gasteiger partial charge is 0.239 e. The third-order valence-electron chi connectivity index (χ3n) is 3.43. The van der Waals surface area contributed by atoms with Gasteiger partial charge in [-0.15, -0.1) is 0 Å². The SMILES string of the molecule is Nc1cc(Cl)ccc1NC(=O)CS(=O)(=O)C1CCCC1. The molecule has 5 nitrogen and oxygen atoms in total. The third kappa shape index (κ3) is 3.64. The van der Waals surface area contributed by atoms with Crippen molar-refractivity contribution in [1.29, 1.82) is 0 Å². The van der Waals surface area contributed by atoms with E-state index in [0.717, 1.165) is 12.8 Å². The highest BCUT2D eigenvalue weighted by Crippen LogP contribution is 2.26. The molecular formula is C13H17ClN2O3S. The van der Waals surface area contributed by atoms with Crippen LogP contribution in [0.3, 0.4) is 0 Å². The van der Waals surface area contributed by atoms with E-state index < -0.39 is 21.5 Å². The van der Waals surface area contributed by atoms with Crippen LogP contribution in [0, 0.1) is 0 Å². The largest absolute Gasteiger partial charge is 0.397 e. The lowest BCUT2D eigenvalue weighted by Gasteiger charge is -2.12. The van der Waals surface area contributed by atoms with Gasteiger partial charge in [0.05, 0.1) is 16.6 Å². The number of hydrogen-bond donors (Lipinski definition) is 2. The van der Waals surface area contributed by atoms with Crippen LogP contribution in [0.25, 0.3) is 0 Å². The first kappa shape index (κ1) is 15.1. The molecule has 0 unspecified atom stereocenters. The third-order valence-corrected chi connectivity index (χ3v) is 5.82. The van der Waals surface area contributed by atoms with E-state index in [0.29, 0.717) is 29.2 Å². The number of halogens is 1. The van der Waals surface area contributed by atoms with Gasteiger partial charge in [0.15, 0.2) is 9.84 Å². The molecule has 0 heterocycles. The number of hydrogen-bond acceptors (Lipinski definition) is 4. The normalized spacial score (nSPS) is 16.2. The minimum absolute atomic E-state index is 0.309. The Morgan fingerprint density at radius 2 is 2.00 bits per heavy atom. The van der Waals surface area contributed by atoms with Crippen molar-refractivity contribution in [1.82, 2.24) is 0 Å². The molecule has 1 aliphatic rings. The Kier molecular flexibility index (Phi) is 4.55. The molecule has 1 saturated carbocycles. The van der Waals surface area contributed by atoms with Gasteiger partial charge in [-0.1, -0.05) is 24.4 Å². The lowest BCUT2D eigenvalue weighted by atomic mass is 10.2. The fourth-order valence-corrected chi connectivity index (χ4v) is 4.29. The van der Waals surface area contributed by atoms with Crippen molar-refractivity contribution in [3.63, 3.8) is 0 Å². The van der Waals surface area contributed by atoms with Gasteiger partial charge < -0.3 is 11.1 Å². The maximum atomic E-state index is 12.1. The second-order valence-electron chi connectivity index (χ2n) is 4.99. The number of nitrogens with one attached hydrogen (secondary N) is 1. The Labute approximate surface area is 123 Å². The average molecular weight is 317 g/mol. The van der Waals surface area contributed by atoms with Gasteiger partial charge in [-0.3, -0.25) is 4.79 Å². The van der Waals surface area contributed by atoms with E-state index in [1.807, 2.05) is 0 Å². The zero-order chi connectivity index (χ0) is 14.8. The molecule has 0 radical (unpaired) electrons. The van der Waals surface area contributed by atoms with E-state index in [1.165, 1.54) is 6.07 Å². The van der Waals surface area contributed by atoms with Gasteiger partial charge in [0, 0.05) is 5.02 Å². The minimum atomic E-state index is -3.38. The molecule has 1 aliphatic carbocycles. The van der Waals surface area contributed by atoms with E-state index in [4.69, 9.17) is 17.3 Å². The maximum Gasteiger partial charge on any atom is 0.239 e. The van der Waals surface area contributed by atoms with Crippen molar-refractivity contribution in [2.24, 2.45) is 0 Å². The van der Waals surface area contributed by atoms with Crippen molar-refractivity contribution in [2.45, 2.75) is 30.9 Å². The fraction of sp³-hybridized carbons (Fsp3) is 0.462. The van der Waals surface area contributed by atoms with E-state index in [9.17, 15) is 13.2 Å². The van der Waals surface area contributed by atoms with Crippen LogP contribution >= 0.6 is 11.6 Å². The molecular weight excluding hydrogens is 300 g/mol. The Morgan fingerprint density at radius 3 is 2.60 bits per heavy atom. The molecule has 0 aromatic heterocycles. The number of sulfone groups is 1. The number of carbonyl (C=O) groups excluding carboxylic acids is 1. The average Bonchev–Trinajstić information content (AvgIpc) is 2.86. The summed E-state index contributed by atoms with van der Waals surface area (Å²) < 4.78 is 24.1. The quantitative estimate of drug-likeness (QED) is 0.833. The van der Waals surface area contributed by atoms with Gasteiger partial charge in [-0.25, -0.2) is 8.42 Å². The molecule has 0 spiro atoms. The molecule has 0 atom stereocenters. The van der Waals surface area contributed by atoms with Crippen LogP contribution in [-0.4, -0.2) is 25.3 Å². The molecule has 3 N–H and O–H groups in total. The predicted octanol–water partition coefficient (Wildman–Crippen LogP) is 2.22. The summed E-state index contributed by atoms with van der Waals surface area (Å²) in [5.74, 6) is -1.06. The zero-order valence-corrected chi connectivity index (χ0v) is 12.5. The van der Waals surface area contributed by atoms with E-state index >= 15 is 0 Å². The summed E-state index contributed by atoms with van der Waals surface area (Å²) in [5.41, 5.74) is 6.39. The van der Waals surface area contributed by atoms with Crippen LogP contribution in [0.15, 0.2) is 18.2 Å². The monoisotopic (exact) mass is 316 g/mol. The molecule has 0 aliphatic heterocycles. The van der Waals surface area contributed by atoms with Gasteiger partial charge in [-0.2, -0.15) is 0 Å².